The second-order valence-corrected chi connectivity index (χ2v) is 4.55. The summed E-state index contributed by atoms with van der Waals surface area (Å²) in [7, 11) is 0. The lowest BCUT2D eigenvalue weighted by atomic mass is 10.2. The van der Waals surface area contributed by atoms with Crippen LogP contribution in [0.3, 0.4) is 0 Å². The van der Waals surface area contributed by atoms with Gasteiger partial charge in [0.15, 0.2) is 6.61 Å². The highest BCUT2D eigenvalue weighted by atomic mass is 35.5. The molecule has 0 N–H and O–H groups in total. The minimum atomic E-state index is -0.0846. The lowest BCUT2D eigenvalue weighted by Crippen LogP contribution is -2.38. The Kier molecular flexibility index (Phi) is 3.09. The number of carbonyl (C=O) groups excluding carboxylic acids is 1. The molecule has 0 fully saturated rings. The fraction of sp³-hybridized carbons (Fsp3) is 0.143. The summed E-state index contributed by atoms with van der Waals surface area (Å²) in [5.41, 5.74) is 1.58. The van der Waals surface area contributed by atoms with E-state index in [9.17, 15) is 4.79 Å². The van der Waals surface area contributed by atoms with Crippen molar-refractivity contribution < 1.29 is 9.53 Å². The van der Waals surface area contributed by atoms with E-state index in [1.165, 1.54) is 0 Å². The monoisotopic (exact) mass is 274 g/mol. The molecule has 0 bridgehead atoms. The Hall–Kier alpha value is -2.07. The lowest BCUT2D eigenvalue weighted by Gasteiger charge is -2.29. The number of nitrogens with zero attached hydrogens (tertiary/aromatic N) is 2. The van der Waals surface area contributed by atoms with Crippen LogP contribution in [-0.2, 0) is 11.3 Å². The molecule has 2 heterocycles. The van der Waals surface area contributed by atoms with Crippen molar-refractivity contribution >= 4 is 23.2 Å². The van der Waals surface area contributed by atoms with Crippen LogP contribution in [-0.4, -0.2) is 17.5 Å². The number of benzene rings is 1. The number of rotatable bonds is 2. The number of anilines is 1. The Bertz CT molecular complexity index is 630. The minimum Gasteiger partial charge on any atom is -0.482 e. The molecule has 0 saturated carbocycles. The van der Waals surface area contributed by atoms with Gasteiger partial charge in [-0.2, -0.15) is 0 Å². The van der Waals surface area contributed by atoms with E-state index in [-0.39, 0.29) is 12.5 Å². The van der Waals surface area contributed by atoms with Crippen molar-refractivity contribution in [2.45, 2.75) is 6.54 Å². The van der Waals surface area contributed by atoms with Crippen molar-refractivity contribution in [3.63, 3.8) is 0 Å². The lowest BCUT2D eigenvalue weighted by molar-refractivity contribution is -0.121. The molecule has 4 nitrogen and oxygen atoms in total. The quantitative estimate of drug-likeness (QED) is 0.791. The first kappa shape index (κ1) is 12.0. The molecule has 1 aromatic heterocycles. The zero-order chi connectivity index (χ0) is 13.2. The molecule has 0 atom stereocenters. The van der Waals surface area contributed by atoms with Crippen molar-refractivity contribution in [2.24, 2.45) is 0 Å². The molecule has 0 unspecified atom stereocenters. The molecule has 0 spiro atoms. The summed E-state index contributed by atoms with van der Waals surface area (Å²) in [6, 6.07) is 11.1. The van der Waals surface area contributed by atoms with Crippen molar-refractivity contribution in [3.05, 3.63) is 53.3 Å². The first-order valence-corrected chi connectivity index (χ1v) is 6.25. The normalized spacial score (nSPS) is 13.9. The highest BCUT2D eigenvalue weighted by Crippen LogP contribution is 2.33. The van der Waals surface area contributed by atoms with Gasteiger partial charge < -0.3 is 9.64 Å². The SMILES string of the molecule is O=C1COc2ccccc2N1Cc1cccnc1Cl. The van der Waals surface area contributed by atoms with E-state index in [4.69, 9.17) is 16.3 Å². The molecule has 1 aliphatic heterocycles. The summed E-state index contributed by atoms with van der Waals surface area (Å²) in [5.74, 6) is 0.626. The standard InChI is InChI=1S/C14H11ClN2O2/c15-14-10(4-3-7-16-14)8-17-11-5-1-2-6-12(11)19-9-13(17)18/h1-7H,8-9H2. The van der Waals surface area contributed by atoms with E-state index >= 15 is 0 Å². The predicted molar refractivity (Wildman–Crippen MR) is 72.4 cm³/mol. The van der Waals surface area contributed by atoms with Crippen molar-refractivity contribution in [3.8, 4) is 5.75 Å². The zero-order valence-corrected chi connectivity index (χ0v) is 10.8. The number of fused-ring (bicyclic) bond motifs is 1. The zero-order valence-electron chi connectivity index (χ0n) is 10.0. The van der Waals surface area contributed by atoms with Crippen LogP contribution in [0.5, 0.6) is 5.75 Å². The third kappa shape index (κ3) is 2.27. The Morgan fingerprint density at radius 2 is 2.11 bits per heavy atom. The Labute approximate surface area is 115 Å². The van der Waals surface area contributed by atoms with Crippen LogP contribution in [0, 0.1) is 0 Å². The van der Waals surface area contributed by atoms with E-state index in [1.54, 1.807) is 17.2 Å². The molecule has 0 saturated heterocycles. The van der Waals surface area contributed by atoms with Gasteiger partial charge in [-0.3, -0.25) is 4.79 Å². The maximum atomic E-state index is 12.0. The predicted octanol–water partition coefficient (Wildman–Crippen LogP) is 2.66. The van der Waals surface area contributed by atoms with Gasteiger partial charge in [-0.05, 0) is 18.2 Å². The summed E-state index contributed by atoms with van der Waals surface area (Å²) in [4.78, 5) is 17.7. The maximum Gasteiger partial charge on any atom is 0.265 e. The fourth-order valence-corrected chi connectivity index (χ4v) is 2.21. The van der Waals surface area contributed by atoms with Gasteiger partial charge in [-0.15, -0.1) is 0 Å². The topological polar surface area (TPSA) is 42.4 Å². The van der Waals surface area contributed by atoms with E-state index in [0.717, 1.165) is 11.3 Å². The Morgan fingerprint density at radius 1 is 1.26 bits per heavy atom. The van der Waals surface area contributed by atoms with Gasteiger partial charge >= 0.3 is 0 Å². The Morgan fingerprint density at radius 3 is 2.95 bits per heavy atom. The van der Waals surface area contributed by atoms with Crippen molar-refractivity contribution in [1.29, 1.82) is 0 Å². The number of hydrogen-bond donors (Lipinski definition) is 0. The van der Waals surface area contributed by atoms with Crippen LogP contribution < -0.4 is 9.64 Å². The highest BCUT2D eigenvalue weighted by molar-refractivity contribution is 6.30. The van der Waals surface area contributed by atoms with Crippen LogP contribution in [0.4, 0.5) is 5.69 Å². The van der Waals surface area contributed by atoms with Gasteiger partial charge in [0.25, 0.3) is 5.91 Å². The van der Waals surface area contributed by atoms with Gasteiger partial charge in [0.05, 0.1) is 12.2 Å². The summed E-state index contributed by atoms with van der Waals surface area (Å²) in [6.45, 7) is 0.445. The first-order valence-electron chi connectivity index (χ1n) is 5.87. The summed E-state index contributed by atoms with van der Waals surface area (Å²) in [5, 5.41) is 0.416. The number of hydrogen-bond acceptors (Lipinski definition) is 3. The molecule has 19 heavy (non-hydrogen) atoms. The molecule has 1 aliphatic rings. The number of ether oxygens (including phenoxy) is 1. The number of pyridine rings is 1. The summed E-state index contributed by atoms with van der Waals surface area (Å²) in [6.07, 6.45) is 1.63. The maximum absolute atomic E-state index is 12.0. The molecule has 0 aliphatic carbocycles. The molecule has 2 aromatic rings. The van der Waals surface area contributed by atoms with Crippen LogP contribution >= 0.6 is 11.6 Å². The van der Waals surface area contributed by atoms with E-state index in [1.807, 2.05) is 30.3 Å². The van der Waals surface area contributed by atoms with Gasteiger partial charge in [0.2, 0.25) is 0 Å². The van der Waals surface area contributed by atoms with Gasteiger partial charge in [0.1, 0.15) is 10.9 Å². The first-order chi connectivity index (χ1) is 9.25. The second-order valence-electron chi connectivity index (χ2n) is 4.19. The number of para-hydroxylation sites is 2. The summed E-state index contributed by atoms with van der Waals surface area (Å²) < 4.78 is 5.39. The van der Waals surface area contributed by atoms with E-state index in [0.29, 0.717) is 17.4 Å². The molecule has 3 rings (SSSR count). The van der Waals surface area contributed by atoms with E-state index < -0.39 is 0 Å². The van der Waals surface area contributed by atoms with Crippen LogP contribution in [0.25, 0.3) is 0 Å². The van der Waals surface area contributed by atoms with Gasteiger partial charge in [0, 0.05) is 11.8 Å². The van der Waals surface area contributed by atoms with Crippen molar-refractivity contribution in [2.75, 3.05) is 11.5 Å². The van der Waals surface area contributed by atoms with Crippen LogP contribution in [0.15, 0.2) is 42.6 Å². The number of carbonyl (C=O) groups is 1. The molecule has 1 amide bonds. The van der Waals surface area contributed by atoms with E-state index in [2.05, 4.69) is 4.98 Å². The molecular weight excluding hydrogens is 264 g/mol. The minimum absolute atomic E-state index is 0.0505. The largest absolute Gasteiger partial charge is 0.482 e. The second kappa shape index (κ2) is 4.90. The molecule has 5 heteroatoms. The number of halogens is 1. The highest BCUT2D eigenvalue weighted by Gasteiger charge is 2.25. The number of amides is 1. The average molecular weight is 275 g/mol. The van der Waals surface area contributed by atoms with Crippen molar-refractivity contribution in [1.82, 2.24) is 4.98 Å². The summed E-state index contributed by atoms with van der Waals surface area (Å²) >= 11 is 6.04. The molecule has 96 valence electrons. The Balaban J connectivity index is 1.96. The smallest absolute Gasteiger partial charge is 0.265 e. The van der Waals surface area contributed by atoms with Gasteiger partial charge in [-0.1, -0.05) is 29.8 Å². The fourth-order valence-electron chi connectivity index (χ4n) is 2.03. The number of aromatic nitrogens is 1. The molecule has 1 aromatic carbocycles. The van der Waals surface area contributed by atoms with Crippen LogP contribution in [0.1, 0.15) is 5.56 Å². The molecular formula is C14H11ClN2O2. The average Bonchev–Trinajstić information content (AvgIpc) is 2.44. The third-order valence-electron chi connectivity index (χ3n) is 2.97. The third-order valence-corrected chi connectivity index (χ3v) is 3.31. The van der Waals surface area contributed by atoms with Crippen LogP contribution in [0.2, 0.25) is 5.15 Å². The van der Waals surface area contributed by atoms with Gasteiger partial charge in [-0.25, -0.2) is 4.98 Å². The molecule has 0 radical (unpaired) electrons.